The molecule has 1 rings (SSSR count). The molecular weight excluding hydrogens is 114 g/mol. The predicted molar refractivity (Wildman–Crippen MR) is 37.5 cm³/mol. The second kappa shape index (κ2) is 3.18. The van der Waals surface area contributed by atoms with E-state index in [4.69, 9.17) is 4.74 Å². The Balaban J connectivity index is 2.18. The lowest BCUT2D eigenvalue weighted by Crippen LogP contribution is -2.36. The van der Waals surface area contributed by atoms with Crippen LogP contribution in [0.3, 0.4) is 0 Å². The summed E-state index contributed by atoms with van der Waals surface area (Å²) in [6.45, 7) is 3.02. The first-order chi connectivity index (χ1) is 4.33. The van der Waals surface area contributed by atoms with Crippen molar-refractivity contribution in [2.75, 3.05) is 13.7 Å². The zero-order valence-corrected chi connectivity index (χ0v) is 6.18. The molecule has 1 heterocycles. The highest BCUT2D eigenvalue weighted by Gasteiger charge is 2.15. The van der Waals surface area contributed by atoms with Crippen LogP contribution in [0.1, 0.15) is 19.8 Å². The van der Waals surface area contributed by atoms with Gasteiger partial charge in [0.2, 0.25) is 0 Å². The topological polar surface area (TPSA) is 21.3 Å². The zero-order valence-electron chi connectivity index (χ0n) is 6.18. The molecular formula is C7H15NO. The second-order valence-electron chi connectivity index (χ2n) is 2.71. The molecule has 0 spiro atoms. The Labute approximate surface area is 56.6 Å². The fourth-order valence-electron chi connectivity index (χ4n) is 1.11. The van der Waals surface area contributed by atoms with Crippen LogP contribution in [0.4, 0.5) is 0 Å². The van der Waals surface area contributed by atoms with E-state index in [1.165, 1.54) is 12.8 Å². The van der Waals surface area contributed by atoms with Gasteiger partial charge in [-0.25, -0.2) is 0 Å². The highest BCUT2D eigenvalue weighted by molar-refractivity contribution is 4.70. The van der Waals surface area contributed by atoms with E-state index >= 15 is 0 Å². The Morgan fingerprint density at radius 3 is 2.67 bits per heavy atom. The summed E-state index contributed by atoms with van der Waals surface area (Å²) < 4.78 is 5.42. The third kappa shape index (κ3) is 1.95. The van der Waals surface area contributed by atoms with E-state index in [1.807, 2.05) is 7.05 Å². The summed E-state index contributed by atoms with van der Waals surface area (Å²) in [6, 6.07) is 0.598. The van der Waals surface area contributed by atoms with Crippen LogP contribution in [0.15, 0.2) is 0 Å². The smallest absolute Gasteiger partial charge is 0.0623 e. The average molecular weight is 129 g/mol. The lowest BCUT2D eigenvalue weighted by atomic mass is 10.1. The number of ether oxygens (including phenoxy) is 1. The van der Waals surface area contributed by atoms with Crippen molar-refractivity contribution in [3.63, 3.8) is 0 Å². The standard InChI is InChI=1S/C7H15NO/c1-6-3-4-7(8-2)5-9-6/h6-8H,3-5H2,1-2H3/t6?,7-/m1/s1. The molecule has 2 nitrogen and oxygen atoms in total. The van der Waals surface area contributed by atoms with Gasteiger partial charge in [0.25, 0.3) is 0 Å². The summed E-state index contributed by atoms with van der Waals surface area (Å²) in [4.78, 5) is 0. The first-order valence-corrected chi connectivity index (χ1v) is 3.62. The predicted octanol–water partition coefficient (Wildman–Crippen LogP) is 0.773. The lowest BCUT2D eigenvalue weighted by molar-refractivity contribution is 0.0104. The summed E-state index contributed by atoms with van der Waals surface area (Å²) in [5, 5.41) is 3.20. The summed E-state index contributed by atoms with van der Waals surface area (Å²) in [7, 11) is 1.99. The van der Waals surface area contributed by atoms with Gasteiger partial charge in [0.05, 0.1) is 12.7 Å². The Morgan fingerprint density at radius 1 is 1.44 bits per heavy atom. The fourth-order valence-corrected chi connectivity index (χ4v) is 1.11. The van der Waals surface area contributed by atoms with Crippen molar-refractivity contribution in [3.05, 3.63) is 0 Å². The van der Waals surface area contributed by atoms with E-state index in [1.54, 1.807) is 0 Å². The van der Waals surface area contributed by atoms with Gasteiger partial charge in [0.1, 0.15) is 0 Å². The van der Waals surface area contributed by atoms with Crippen LogP contribution in [0, 0.1) is 0 Å². The maximum absolute atomic E-state index is 5.42. The SMILES string of the molecule is CN[C@@H]1CCC(C)OC1. The van der Waals surface area contributed by atoms with Crippen molar-refractivity contribution in [1.82, 2.24) is 5.32 Å². The molecule has 0 radical (unpaired) electrons. The number of hydrogen-bond acceptors (Lipinski definition) is 2. The minimum absolute atomic E-state index is 0.481. The van der Waals surface area contributed by atoms with Crippen LogP contribution >= 0.6 is 0 Å². The third-order valence-electron chi connectivity index (χ3n) is 1.91. The van der Waals surface area contributed by atoms with E-state index in [-0.39, 0.29) is 0 Å². The molecule has 0 aromatic rings. The van der Waals surface area contributed by atoms with Crippen molar-refractivity contribution in [3.8, 4) is 0 Å². The third-order valence-corrected chi connectivity index (χ3v) is 1.91. The molecule has 0 aromatic carbocycles. The molecule has 0 saturated carbocycles. The highest BCUT2D eigenvalue weighted by atomic mass is 16.5. The second-order valence-corrected chi connectivity index (χ2v) is 2.71. The molecule has 1 aliphatic rings. The molecule has 1 saturated heterocycles. The number of nitrogens with one attached hydrogen (secondary N) is 1. The van der Waals surface area contributed by atoms with Gasteiger partial charge in [0.15, 0.2) is 0 Å². The number of hydrogen-bond donors (Lipinski definition) is 1. The molecule has 2 heteroatoms. The Morgan fingerprint density at radius 2 is 2.22 bits per heavy atom. The maximum atomic E-state index is 5.42. The van der Waals surface area contributed by atoms with Crippen LogP contribution in [0.25, 0.3) is 0 Å². The van der Waals surface area contributed by atoms with Gasteiger partial charge >= 0.3 is 0 Å². The molecule has 0 bridgehead atoms. The van der Waals surface area contributed by atoms with Gasteiger partial charge < -0.3 is 10.1 Å². The zero-order chi connectivity index (χ0) is 6.69. The molecule has 1 unspecified atom stereocenters. The lowest BCUT2D eigenvalue weighted by Gasteiger charge is -2.26. The molecule has 2 atom stereocenters. The first kappa shape index (κ1) is 7.03. The summed E-state index contributed by atoms with van der Waals surface area (Å²) in [5.41, 5.74) is 0. The fraction of sp³-hybridized carbons (Fsp3) is 1.00. The van der Waals surface area contributed by atoms with Crippen LogP contribution in [0.5, 0.6) is 0 Å². The van der Waals surface area contributed by atoms with Gasteiger partial charge in [-0.3, -0.25) is 0 Å². The minimum Gasteiger partial charge on any atom is -0.377 e. The molecule has 54 valence electrons. The van der Waals surface area contributed by atoms with Crippen molar-refractivity contribution in [2.45, 2.75) is 31.9 Å². The minimum atomic E-state index is 0.481. The van der Waals surface area contributed by atoms with Crippen molar-refractivity contribution in [1.29, 1.82) is 0 Å². The quantitative estimate of drug-likeness (QED) is 0.564. The van der Waals surface area contributed by atoms with Crippen molar-refractivity contribution in [2.24, 2.45) is 0 Å². The van der Waals surface area contributed by atoms with Gasteiger partial charge in [-0.1, -0.05) is 0 Å². The van der Waals surface area contributed by atoms with Gasteiger partial charge in [-0.15, -0.1) is 0 Å². The summed E-state index contributed by atoms with van der Waals surface area (Å²) >= 11 is 0. The number of rotatable bonds is 1. The van der Waals surface area contributed by atoms with Gasteiger partial charge in [-0.05, 0) is 26.8 Å². The van der Waals surface area contributed by atoms with Crippen LogP contribution < -0.4 is 5.32 Å². The molecule has 1 aliphatic heterocycles. The Hall–Kier alpha value is -0.0800. The first-order valence-electron chi connectivity index (χ1n) is 3.62. The largest absolute Gasteiger partial charge is 0.377 e. The molecule has 0 aromatic heterocycles. The Kier molecular flexibility index (Phi) is 2.49. The molecule has 0 aliphatic carbocycles. The van der Waals surface area contributed by atoms with E-state index < -0.39 is 0 Å². The number of likely N-dealkylation sites (N-methyl/N-ethyl adjacent to an activating group) is 1. The van der Waals surface area contributed by atoms with E-state index in [2.05, 4.69) is 12.2 Å². The molecule has 1 N–H and O–H groups in total. The van der Waals surface area contributed by atoms with E-state index in [9.17, 15) is 0 Å². The van der Waals surface area contributed by atoms with E-state index in [0.717, 1.165) is 6.61 Å². The van der Waals surface area contributed by atoms with Crippen molar-refractivity contribution >= 4 is 0 Å². The van der Waals surface area contributed by atoms with Gasteiger partial charge in [0, 0.05) is 6.04 Å². The summed E-state index contributed by atoms with van der Waals surface area (Å²) in [5.74, 6) is 0. The monoisotopic (exact) mass is 129 g/mol. The van der Waals surface area contributed by atoms with Gasteiger partial charge in [-0.2, -0.15) is 0 Å². The average Bonchev–Trinajstić information content (AvgIpc) is 1.90. The maximum Gasteiger partial charge on any atom is 0.0623 e. The highest BCUT2D eigenvalue weighted by Crippen LogP contribution is 2.11. The van der Waals surface area contributed by atoms with E-state index in [0.29, 0.717) is 12.1 Å². The van der Waals surface area contributed by atoms with Crippen LogP contribution in [-0.2, 0) is 4.74 Å². The normalized spacial score (nSPS) is 36.7. The van der Waals surface area contributed by atoms with Crippen LogP contribution in [-0.4, -0.2) is 25.8 Å². The molecule has 9 heavy (non-hydrogen) atoms. The van der Waals surface area contributed by atoms with Crippen LogP contribution in [0.2, 0.25) is 0 Å². The summed E-state index contributed by atoms with van der Waals surface area (Å²) in [6.07, 6.45) is 2.94. The molecule has 1 fully saturated rings. The van der Waals surface area contributed by atoms with Crippen molar-refractivity contribution < 1.29 is 4.74 Å². The molecule has 0 amide bonds. The Bertz CT molecular complexity index is 77.0.